The van der Waals surface area contributed by atoms with Gasteiger partial charge in [-0.1, -0.05) is 0 Å². The average Bonchev–Trinajstić information content (AvgIpc) is 1.86. The molecule has 11 heavy (non-hydrogen) atoms. The predicted molar refractivity (Wildman–Crippen MR) is 44.0 cm³/mol. The van der Waals surface area contributed by atoms with Crippen LogP contribution in [0.25, 0.3) is 0 Å². The third-order valence-electron chi connectivity index (χ3n) is 2.48. The Morgan fingerprint density at radius 3 is 2.64 bits per heavy atom. The molecule has 1 heterocycles. The molecule has 0 aromatic carbocycles. The van der Waals surface area contributed by atoms with Crippen molar-refractivity contribution >= 4 is 5.91 Å². The van der Waals surface area contributed by atoms with Crippen molar-refractivity contribution in [2.75, 3.05) is 20.1 Å². The molecule has 1 atom stereocenters. The lowest BCUT2D eigenvalue weighted by Gasteiger charge is -2.36. The number of likely N-dealkylation sites (tertiary alicyclic amines) is 1. The Morgan fingerprint density at radius 2 is 2.27 bits per heavy atom. The second-order valence-electron chi connectivity index (χ2n) is 3.77. The molecule has 0 spiro atoms. The molecular weight excluding hydrogens is 140 g/mol. The zero-order valence-electron chi connectivity index (χ0n) is 7.26. The molecule has 0 radical (unpaired) electrons. The van der Waals surface area contributed by atoms with Crippen molar-refractivity contribution in [2.24, 2.45) is 11.1 Å². The Morgan fingerprint density at radius 1 is 1.64 bits per heavy atom. The Bertz CT molecular complexity index is 169. The van der Waals surface area contributed by atoms with E-state index < -0.39 is 0 Å². The molecule has 3 heteroatoms. The van der Waals surface area contributed by atoms with E-state index >= 15 is 0 Å². The number of hydrogen-bond acceptors (Lipinski definition) is 2. The van der Waals surface area contributed by atoms with Gasteiger partial charge in [0.2, 0.25) is 5.91 Å². The highest BCUT2D eigenvalue weighted by molar-refractivity contribution is 5.80. The summed E-state index contributed by atoms with van der Waals surface area (Å²) >= 11 is 0. The number of carbonyl (C=O) groups is 1. The van der Waals surface area contributed by atoms with Gasteiger partial charge in [-0.2, -0.15) is 0 Å². The fourth-order valence-corrected chi connectivity index (χ4v) is 1.69. The van der Waals surface area contributed by atoms with E-state index in [1.165, 1.54) is 0 Å². The van der Waals surface area contributed by atoms with Crippen molar-refractivity contribution < 1.29 is 4.79 Å². The lowest BCUT2D eigenvalue weighted by Crippen LogP contribution is -2.47. The van der Waals surface area contributed by atoms with Crippen LogP contribution in [0.2, 0.25) is 0 Å². The van der Waals surface area contributed by atoms with Gasteiger partial charge in [0.05, 0.1) is 5.41 Å². The normalized spacial score (nSPS) is 33.6. The van der Waals surface area contributed by atoms with Crippen LogP contribution >= 0.6 is 0 Å². The average molecular weight is 156 g/mol. The summed E-state index contributed by atoms with van der Waals surface area (Å²) in [4.78, 5) is 13.2. The van der Waals surface area contributed by atoms with Gasteiger partial charge in [-0.15, -0.1) is 0 Å². The van der Waals surface area contributed by atoms with Crippen molar-refractivity contribution in [2.45, 2.75) is 19.8 Å². The molecule has 1 aliphatic heterocycles. The number of amides is 1. The van der Waals surface area contributed by atoms with Gasteiger partial charge in [-0.05, 0) is 33.4 Å². The van der Waals surface area contributed by atoms with E-state index in [9.17, 15) is 4.79 Å². The minimum Gasteiger partial charge on any atom is -0.369 e. The van der Waals surface area contributed by atoms with E-state index in [-0.39, 0.29) is 11.3 Å². The van der Waals surface area contributed by atoms with Crippen molar-refractivity contribution in [3.63, 3.8) is 0 Å². The second kappa shape index (κ2) is 2.81. The molecule has 3 nitrogen and oxygen atoms in total. The fraction of sp³-hybridized carbons (Fsp3) is 0.875. The summed E-state index contributed by atoms with van der Waals surface area (Å²) in [6, 6.07) is 0. The maximum atomic E-state index is 11.0. The lowest BCUT2D eigenvalue weighted by atomic mass is 9.81. The Hall–Kier alpha value is -0.570. The number of nitrogens with zero attached hydrogens (tertiary/aromatic N) is 1. The van der Waals surface area contributed by atoms with Gasteiger partial charge in [-0.25, -0.2) is 0 Å². The van der Waals surface area contributed by atoms with E-state index in [0.717, 1.165) is 25.9 Å². The molecule has 1 amide bonds. The Kier molecular flexibility index (Phi) is 2.18. The monoisotopic (exact) mass is 156 g/mol. The van der Waals surface area contributed by atoms with Crippen LogP contribution in [0.3, 0.4) is 0 Å². The van der Waals surface area contributed by atoms with E-state index in [1.54, 1.807) is 0 Å². The van der Waals surface area contributed by atoms with Crippen molar-refractivity contribution in [3.05, 3.63) is 0 Å². The first-order valence-corrected chi connectivity index (χ1v) is 4.03. The van der Waals surface area contributed by atoms with Crippen molar-refractivity contribution in [1.29, 1.82) is 0 Å². The number of carbonyl (C=O) groups excluding carboxylic acids is 1. The van der Waals surface area contributed by atoms with Crippen molar-refractivity contribution in [1.82, 2.24) is 4.90 Å². The van der Waals surface area contributed by atoms with Gasteiger partial charge < -0.3 is 10.6 Å². The van der Waals surface area contributed by atoms with Crippen LogP contribution < -0.4 is 5.73 Å². The highest BCUT2D eigenvalue weighted by atomic mass is 16.1. The van der Waals surface area contributed by atoms with Crippen LogP contribution in [0, 0.1) is 5.41 Å². The lowest BCUT2D eigenvalue weighted by molar-refractivity contribution is -0.129. The molecule has 1 saturated heterocycles. The number of nitrogens with two attached hydrogens (primary N) is 1. The molecule has 64 valence electrons. The zero-order chi connectivity index (χ0) is 8.48. The van der Waals surface area contributed by atoms with Crippen LogP contribution in [-0.4, -0.2) is 30.9 Å². The maximum absolute atomic E-state index is 11.0. The minimum atomic E-state index is -0.285. The molecule has 1 fully saturated rings. The largest absolute Gasteiger partial charge is 0.369 e. The molecule has 0 aromatic heterocycles. The van der Waals surface area contributed by atoms with Gasteiger partial charge in [0.1, 0.15) is 0 Å². The molecule has 0 saturated carbocycles. The molecule has 1 aliphatic rings. The molecule has 2 N–H and O–H groups in total. The number of piperidine rings is 1. The van der Waals surface area contributed by atoms with Crippen LogP contribution in [0.5, 0.6) is 0 Å². The van der Waals surface area contributed by atoms with E-state index in [2.05, 4.69) is 4.90 Å². The summed E-state index contributed by atoms with van der Waals surface area (Å²) in [5, 5.41) is 0. The van der Waals surface area contributed by atoms with Crippen LogP contribution in [0.15, 0.2) is 0 Å². The summed E-state index contributed by atoms with van der Waals surface area (Å²) in [5.41, 5.74) is 5.01. The van der Waals surface area contributed by atoms with Crippen molar-refractivity contribution in [3.8, 4) is 0 Å². The summed E-state index contributed by atoms with van der Waals surface area (Å²) in [5.74, 6) is -0.163. The number of rotatable bonds is 1. The molecular formula is C8H16N2O. The minimum absolute atomic E-state index is 0.163. The fourth-order valence-electron chi connectivity index (χ4n) is 1.69. The predicted octanol–water partition coefficient (Wildman–Crippen LogP) is 0.204. The molecule has 0 bridgehead atoms. The van der Waals surface area contributed by atoms with E-state index in [1.807, 2.05) is 14.0 Å². The SMILES string of the molecule is CN1CCCC(C)(C(N)=O)C1. The smallest absolute Gasteiger partial charge is 0.224 e. The summed E-state index contributed by atoms with van der Waals surface area (Å²) in [6.45, 7) is 3.84. The second-order valence-corrected chi connectivity index (χ2v) is 3.77. The first kappa shape index (κ1) is 8.53. The highest BCUT2D eigenvalue weighted by Gasteiger charge is 2.34. The molecule has 1 unspecified atom stereocenters. The van der Waals surface area contributed by atoms with Gasteiger partial charge in [0.15, 0.2) is 0 Å². The quantitative estimate of drug-likeness (QED) is 0.589. The molecule has 0 aliphatic carbocycles. The third-order valence-corrected chi connectivity index (χ3v) is 2.48. The van der Waals surface area contributed by atoms with Crippen LogP contribution in [0.4, 0.5) is 0 Å². The van der Waals surface area contributed by atoms with Crippen LogP contribution in [-0.2, 0) is 4.79 Å². The number of primary amides is 1. The van der Waals surface area contributed by atoms with Crippen LogP contribution in [0.1, 0.15) is 19.8 Å². The van der Waals surface area contributed by atoms with Gasteiger partial charge in [-0.3, -0.25) is 4.79 Å². The van der Waals surface area contributed by atoms with E-state index in [0.29, 0.717) is 0 Å². The molecule has 1 rings (SSSR count). The summed E-state index contributed by atoms with van der Waals surface area (Å²) in [7, 11) is 2.03. The zero-order valence-corrected chi connectivity index (χ0v) is 7.26. The first-order chi connectivity index (χ1) is 5.04. The highest BCUT2D eigenvalue weighted by Crippen LogP contribution is 2.27. The summed E-state index contributed by atoms with van der Waals surface area (Å²) in [6.07, 6.45) is 2.02. The molecule has 0 aromatic rings. The Balaban J connectivity index is 2.63. The first-order valence-electron chi connectivity index (χ1n) is 4.03. The maximum Gasteiger partial charge on any atom is 0.224 e. The third kappa shape index (κ3) is 1.71. The van der Waals surface area contributed by atoms with Gasteiger partial charge in [0, 0.05) is 6.54 Å². The van der Waals surface area contributed by atoms with Gasteiger partial charge in [0.25, 0.3) is 0 Å². The standard InChI is InChI=1S/C8H16N2O/c1-8(7(9)11)4-3-5-10(2)6-8/h3-6H2,1-2H3,(H2,9,11). The van der Waals surface area contributed by atoms with Gasteiger partial charge >= 0.3 is 0 Å². The Labute approximate surface area is 67.5 Å². The number of hydrogen-bond donors (Lipinski definition) is 1. The van der Waals surface area contributed by atoms with E-state index in [4.69, 9.17) is 5.73 Å². The topological polar surface area (TPSA) is 46.3 Å². The summed E-state index contributed by atoms with van der Waals surface area (Å²) < 4.78 is 0.